The van der Waals surface area contributed by atoms with Crippen molar-refractivity contribution in [2.45, 2.75) is 45.4 Å². The molecule has 2 rings (SSSR count). The van der Waals surface area contributed by atoms with Crippen LogP contribution in [0.4, 0.5) is 5.69 Å². The Hall–Kier alpha value is -1.35. The quantitative estimate of drug-likeness (QED) is 0.888. The van der Waals surface area contributed by atoms with Crippen LogP contribution in [0.5, 0.6) is 0 Å². The van der Waals surface area contributed by atoms with Crippen LogP contribution in [-0.2, 0) is 10.2 Å². The van der Waals surface area contributed by atoms with E-state index in [0.29, 0.717) is 12.3 Å². The topological polar surface area (TPSA) is 41.1 Å². The Morgan fingerprint density at radius 2 is 2.00 bits per heavy atom. The summed E-state index contributed by atoms with van der Waals surface area (Å²) in [6.45, 7) is 8.63. The first-order valence-corrected chi connectivity index (χ1v) is 7.56. The number of hydrogen-bond acceptors (Lipinski definition) is 2. The van der Waals surface area contributed by atoms with Gasteiger partial charge in [-0.1, -0.05) is 32.9 Å². The Morgan fingerprint density at radius 1 is 1.30 bits per heavy atom. The number of anilines is 1. The van der Waals surface area contributed by atoms with E-state index < -0.39 is 0 Å². The largest absolute Gasteiger partial charge is 0.326 e. The highest BCUT2D eigenvalue weighted by Crippen LogP contribution is 2.23. The summed E-state index contributed by atoms with van der Waals surface area (Å²) in [4.78, 5) is 12.0. The van der Waals surface area contributed by atoms with Crippen molar-refractivity contribution in [3.63, 3.8) is 0 Å². The number of nitrogens with one attached hydrogen (secondary N) is 2. The first-order valence-electron chi connectivity index (χ1n) is 7.56. The van der Waals surface area contributed by atoms with Crippen molar-refractivity contribution in [3.8, 4) is 0 Å². The number of benzene rings is 1. The first-order chi connectivity index (χ1) is 9.45. The SMILES string of the molecule is CC(C)(C)c1ccc(NC(=O)CC2CCCNC2)cc1. The smallest absolute Gasteiger partial charge is 0.224 e. The fourth-order valence-corrected chi connectivity index (χ4v) is 2.63. The van der Waals surface area contributed by atoms with Gasteiger partial charge in [-0.05, 0) is 55.0 Å². The van der Waals surface area contributed by atoms with E-state index in [1.165, 1.54) is 12.0 Å². The molecule has 1 aliphatic rings. The van der Waals surface area contributed by atoms with Gasteiger partial charge in [0.2, 0.25) is 5.91 Å². The Labute approximate surface area is 122 Å². The molecule has 1 atom stereocenters. The lowest BCUT2D eigenvalue weighted by Gasteiger charge is -2.22. The fraction of sp³-hybridized carbons (Fsp3) is 0.588. The first kappa shape index (κ1) is 15.0. The maximum absolute atomic E-state index is 12.0. The highest BCUT2D eigenvalue weighted by Gasteiger charge is 2.17. The van der Waals surface area contributed by atoms with Crippen molar-refractivity contribution < 1.29 is 4.79 Å². The van der Waals surface area contributed by atoms with Gasteiger partial charge in [0.15, 0.2) is 0 Å². The maximum atomic E-state index is 12.0. The van der Waals surface area contributed by atoms with E-state index in [-0.39, 0.29) is 11.3 Å². The second-order valence-corrected chi connectivity index (χ2v) is 6.79. The molecule has 20 heavy (non-hydrogen) atoms. The van der Waals surface area contributed by atoms with Crippen molar-refractivity contribution in [2.75, 3.05) is 18.4 Å². The summed E-state index contributed by atoms with van der Waals surface area (Å²) in [7, 11) is 0. The van der Waals surface area contributed by atoms with Crippen LogP contribution in [0.1, 0.15) is 45.6 Å². The van der Waals surface area contributed by atoms with Gasteiger partial charge in [0.05, 0.1) is 0 Å². The molecule has 3 heteroatoms. The van der Waals surface area contributed by atoms with E-state index >= 15 is 0 Å². The number of carbonyl (C=O) groups is 1. The lowest BCUT2D eigenvalue weighted by Crippen LogP contribution is -2.32. The minimum atomic E-state index is 0.127. The standard InChI is InChI=1S/C17H26N2O/c1-17(2,3)14-6-8-15(9-7-14)19-16(20)11-13-5-4-10-18-12-13/h6-9,13,18H,4-5,10-12H2,1-3H3,(H,19,20). The molecule has 3 nitrogen and oxygen atoms in total. The lowest BCUT2D eigenvalue weighted by atomic mass is 9.87. The number of piperidine rings is 1. The molecule has 1 aromatic carbocycles. The van der Waals surface area contributed by atoms with Crippen LogP contribution in [0.3, 0.4) is 0 Å². The highest BCUT2D eigenvalue weighted by molar-refractivity contribution is 5.90. The zero-order valence-corrected chi connectivity index (χ0v) is 12.8. The third kappa shape index (κ3) is 4.34. The van der Waals surface area contributed by atoms with Gasteiger partial charge in [0.25, 0.3) is 0 Å². The lowest BCUT2D eigenvalue weighted by molar-refractivity contribution is -0.117. The Kier molecular flexibility index (Phi) is 4.81. The van der Waals surface area contributed by atoms with Gasteiger partial charge < -0.3 is 10.6 Å². The summed E-state index contributed by atoms with van der Waals surface area (Å²) in [5.41, 5.74) is 2.33. The van der Waals surface area contributed by atoms with Crippen LogP contribution in [-0.4, -0.2) is 19.0 Å². The van der Waals surface area contributed by atoms with Crippen LogP contribution in [0, 0.1) is 5.92 Å². The van der Waals surface area contributed by atoms with Crippen molar-refractivity contribution in [2.24, 2.45) is 5.92 Å². The van der Waals surface area contributed by atoms with Gasteiger partial charge in [-0.15, -0.1) is 0 Å². The Balaban J connectivity index is 1.87. The normalized spacial score (nSPS) is 19.6. The predicted molar refractivity (Wildman–Crippen MR) is 84.0 cm³/mol. The van der Waals surface area contributed by atoms with Crippen molar-refractivity contribution in [1.29, 1.82) is 0 Å². The highest BCUT2D eigenvalue weighted by atomic mass is 16.1. The van der Waals surface area contributed by atoms with E-state index in [1.54, 1.807) is 0 Å². The van der Waals surface area contributed by atoms with Crippen LogP contribution >= 0.6 is 0 Å². The van der Waals surface area contributed by atoms with Gasteiger partial charge >= 0.3 is 0 Å². The number of hydrogen-bond donors (Lipinski definition) is 2. The summed E-state index contributed by atoms with van der Waals surface area (Å²) in [5, 5.41) is 6.35. The maximum Gasteiger partial charge on any atom is 0.224 e. The molecule has 0 radical (unpaired) electrons. The molecule has 1 aromatic rings. The van der Waals surface area contributed by atoms with Crippen LogP contribution < -0.4 is 10.6 Å². The van der Waals surface area contributed by atoms with E-state index in [4.69, 9.17) is 0 Å². The molecule has 0 bridgehead atoms. The average molecular weight is 274 g/mol. The predicted octanol–water partition coefficient (Wildman–Crippen LogP) is 3.31. The summed E-state index contributed by atoms with van der Waals surface area (Å²) in [5.74, 6) is 0.611. The van der Waals surface area contributed by atoms with Crippen LogP contribution in [0.2, 0.25) is 0 Å². The minimum absolute atomic E-state index is 0.127. The van der Waals surface area contributed by atoms with Crippen LogP contribution in [0.25, 0.3) is 0 Å². The van der Waals surface area contributed by atoms with E-state index in [1.807, 2.05) is 12.1 Å². The molecule has 1 heterocycles. The second kappa shape index (κ2) is 6.40. The molecule has 0 spiro atoms. The summed E-state index contributed by atoms with van der Waals surface area (Å²) in [6, 6.07) is 8.19. The van der Waals surface area contributed by atoms with Crippen molar-refractivity contribution >= 4 is 11.6 Å². The molecule has 1 saturated heterocycles. The number of carbonyl (C=O) groups excluding carboxylic acids is 1. The fourth-order valence-electron chi connectivity index (χ4n) is 2.63. The van der Waals surface area contributed by atoms with Gasteiger partial charge in [-0.3, -0.25) is 4.79 Å². The van der Waals surface area contributed by atoms with Gasteiger partial charge in [-0.2, -0.15) is 0 Å². The molecule has 1 aliphatic heterocycles. The molecular weight excluding hydrogens is 248 g/mol. The third-order valence-electron chi connectivity index (χ3n) is 3.91. The van der Waals surface area contributed by atoms with Gasteiger partial charge in [0, 0.05) is 12.1 Å². The minimum Gasteiger partial charge on any atom is -0.326 e. The second-order valence-electron chi connectivity index (χ2n) is 6.79. The summed E-state index contributed by atoms with van der Waals surface area (Å²) >= 11 is 0. The molecule has 110 valence electrons. The molecule has 1 amide bonds. The van der Waals surface area contributed by atoms with Crippen molar-refractivity contribution in [1.82, 2.24) is 5.32 Å². The van der Waals surface area contributed by atoms with Gasteiger partial charge in [-0.25, -0.2) is 0 Å². The molecule has 0 aliphatic carbocycles. The summed E-state index contributed by atoms with van der Waals surface area (Å²) < 4.78 is 0. The van der Waals surface area contributed by atoms with E-state index in [0.717, 1.165) is 25.2 Å². The van der Waals surface area contributed by atoms with E-state index in [2.05, 4.69) is 43.5 Å². The molecule has 0 aromatic heterocycles. The molecule has 0 saturated carbocycles. The molecular formula is C17H26N2O. The van der Waals surface area contributed by atoms with Crippen molar-refractivity contribution in [3.05, 3.63) is 29.8 Å². The Morgan fingerprint density at radius 3 is 2.55 bits per heavy atom. The average Bonchev–Trinajstić information content (AvgIpc) is 2.39. The van der Waals surface area contributed by atoms with E-state index in [9.17, 15) is 4.79 Å². The molecule has 2 N–H and O–H groups in total. The monoisotopic (exact) mass is 274 g/mol. The number of amides is 1. The number of rotatable bonds is 3. The molecule has 1 fully saturated rings. The summed E-state index contributed by atoms with van der Waals surface area (Å²) in [6.07, 6.45) is 2.95. The zero-order valence-electron chi connectivity index (χ0n) is 12.8. The zero-order chi connectivity index (χ0) is 14.6. The van der Waals surface area contributed by atoms with Crippen LogP contribution in [0.15, 0.2) is 24.3 Å². The van der Waals surface area contributed by atoms with Gasteiger partial charge in [0.1, 0.15) is 0 Å². The molecule has 1 unspecified atom stereocenters. The Bertz CT molecular complexity index is 439. The third-order valence-corrected chi connectivity index (χ3v) is 3.91.